The molecule has 2 rings (SSSR count). The van der Waals surface area contributed by atoms with Crippen molar-refractivity contribution in [2.45, 2.75) is 19.4 Å². The fraction of sp³-hybridized carbons (Fsp3) is 0.200. The molecule has 0 saturated heterocycles. The molecule has 1 N–H and O–H groups in total. The predicted octanol–water partition coefficient (Wildman–Crippen LogP) is 4.03. The van der Waals surface area contributed by atoms with Crippen LogP contribution >= 0.6 is 15.9 Å². The van der Waals surface area contributed by atoms with Gasteiger partial charge >= 0.3 is 0 Å². The summed E-state index contributed by atoms with van der Waals surface area (Å²) >= 11 is 3.41. The molecule has 0 bridgehead atoms. The Labute approximate surface area is 110 Å². The third-order valence-corrected chi connectivity index (χ3v) is 3.28. The molecule has 2 aromatic carbocycles. The Morgan fingerprint density at radius 1 is 1.12 bits per heavy atom. The molecule has 0 aromatic heterocycles. The normalized spacial score (nSPS) is 12.4. The van der Waals surface area contributed by atoms with E-state index in [1.54, 1.807) is 0 Å². The molecule has 0 aliphatic carbocycles. The van der Waals surface area contributed by atoms with Crippen LogP contribution in [0, 0.1) is 6.92 Å². The second-order valence-corrected chi connectivity index (χ2v) is 5.18. The van der Waals surface area contributed by atoms with Crippen molar-refractivity contribution < 1.29 is 5.11 Å². The predicted molar refractivity (Wildman–Crippen MR) is 74.0 cm³/mol. The van der Waals surface area contributed by atoms with Crippen LogP contribution < -0.4 is 0 Å². The van der Waals surface area contributed by atoms with E-state index < -0.39 is 6.10 Å². The number of halogens is 1. The van der Waals surface area contributed by atoms with E-state index in [0.29, 0.717) is 6.42 Å². The number of aryl methyl sites for hydroxylation is 1. The van der Waals surface area contributed by atoms with Crippen LogP contribution in [0.2, 0.25) is 0 Å². The van der Waals surface area contributed by atoms with Crippen LogP contribution in [0.25, 0.3) is 0 Å². The van der Waals surface area contributed by atoms with Gasteiger partial charge in [0, 0.05) is 10.9 Å². The highest BCUT2D eigenvalue weighted by Gasteiger charge is 2.08. The summed E-state index contributed by atoms with van der Waals surface area (Å²) in [7, 11) is 0. The summed E-state index contributed by atoms with van der Waals surface area (Å²) < 4.78 is 0.998. The molecule has 2 aromatic rings. The molecule has 0 saturated carbocycles. The van der Waals surface area contributed by atoms with Crippen molar-refractivity contribution >= 4 is 15.9 Å². The molecule has 2 heteroatoms. The zero-order chi connectivity index (χ0) is 12.3. The Hall–Kier alpha value is -1.12. The Kier molecular flexibility index (Phi) is 3.97. The van der Waals surface area contributed by atoms with E-state index in [2.05, 4.69) is 47.1 Å². The molecule has 1 unspecified atom stereocenters. The fourth-order valence-corrected chi connectivity index (χ4v) is 2.20. The van der Waals surface area contributed by atoms with Gasteiger partial charge in [0.25, 0.3) is 0 Å². The van der Waals surface area contributed by atoms with Gasteiger partial charge in [-0.3, -0.25) is 0 Å². The summed E-state index contributed by atoms with van der Waals surface area (Å²) in [6.45, 7) is 2.06. The maximum Gasteiger partial charge on any atom is 0.0830 e. The van der Waals surface area contributed by atoms with Crippen molar-refractivity contribution in [2.75, 3.05) is 0 Å². The van der Waals surface area contributed by atoms with Gasteiger partial charge < -0.3 is 5.11 Å². The number of rotatable bonds is 3. The molecule has 0 fully saturated rings. The van der Waals surface area contributed by atoms with Crippen LogP contribution in [0.4, 0.5) is 0 Å². The molecule has 1 atom stereocenters. The summed E-state index contributed by atoms with van der Waals surface area (Å²) in [6, 6.07) is 16.1. The van der Waals surface area contributed by atoms with Crippen molar-refractivity contribution in [3.05, 3.63) is 69.7 Å². The summed E-state index contributed by atoms with van der Waals surface area (Å²) in [4.78, 5) is 0. The lowest BCUT2D eigenvalue weighted by Crippen LogP contribution is -2.01. The minimum atomic E-state index is -0.449. The maximum atomic E-state index is 10.1. The van der Waals surface area contributed by atoms with E-state index in [4.69, 9.17) is 0 Å². The minimum absolute atomic E-state index is 0.449. The van der Waals surface area contributed by atoms with Crippen LogP contribution in [0.15, 0.2) is 53.0 Å². The first-order chi connectivity index (χ1) is 8.15. The van der Waals surface area contributed by atoms with Gasteiger partial charge in [-0.2, -0.15) is 0 Å². The van der Waals surface area contributed by atoms with Crippen molar-refractivity contribution in [3.63, 3.8) is 0 Å². The molecule has 0 radical (unpaired) electrons. The van der Waals surface area contributed by atoms with E-state index in [1.165, 1.54) is 5.56 Å². The first kappa shape index (κ1) is 12.3. The van der Waals surface area contributed by atoms with Gasteiger partial charge in [0.05, 0.1) is 6.10 Å². The SMILES string of the molecule is Cc1ccc(CC(O)c2cccc(Br)c2)cc1. The highest BCUT2D eigenvalue weighted by molar-refractivity contribution is 9.10. The second kappa shape index (κ2) is 5.48. The molecule has 1 nitrogen and oxygen atoms in total. The summed E-state index contributed by atoms with van der Waals surface area (Å²) in [5.74, 6) is 0. The van der Waals surface area contributed by atoms with Gasteiger partial charge in [-0.1, -0.05) is 57.9 Å². The third kappa shape index (κ3) is 3.42. The Bertz CT molecular complexity index is 491. The monoisotopic (exact) mass is 290 g/mol. The van der Waals surface area contributed by atoms with Crippen molar-refractivity contribution in [1.29, 1.82) is 0 Å². The van der Waals surface area contributed by atoms with Crippen LogP contribution in [0.5, 0.6) is 0 Å². The molecule has 0 aliphatic heterocycles. The standard InChI is InChI=1S/C15H15BrO/c1-11-5-7-12(8-6-11)9-15(17)13-3-2-4-14(16)10-13/h2-8,10,15,17H,9H2,1H3. The average Bonchev–Trinajstić information content (AvgIpc) is 2.32. The highest BCUT2D eigenvalue weighted by atomic mass is 79.9. The number of hydrogen-bond donors (Lipinski definition) is 1. The maximum absolute atomic E-state index is 10.1. The lowest BCUT2D eigenvalue weighted by molar-refractivity contribution is 0.178. The number of benzene rings is 2. The third-order valence-electron chi connectivity index (χ3n) is 2.78. The first-order valence-corrected chi connectivity index (χ1v) is 6.43. The number of aliphatic hydroxyl groups excluding tert-OH is 1. The zero-order valence-electron chi connectivity index (χ0n) is 9.73. The van der Waals surface area contributed by atoms with Crippen LogP contribution in [-0.2, 0) is 6.42 Å². The summed E-state index contributed by atoms with van der Waals surface area (Å²) in [5.41, 5.74) is 3.34. The zero-order valence-corrected chi connectivity index (χ0v) is 11.3. The molecule has 0 spiro atoms. The van der Waals surface area contributed by atoms with E-state index >= 15 is 0 Å². The van der Waals surface area contributed by atoms with E-state index in [1.807, 2.05) is 24.3 Å². The quantitative estimate of drug-likeness (QED) is 0.905. The second-order valence-electron chi connectivity index (χ2n) is 4.26. The fourth-order valence-electron chi connectivity index (χ4n) is 1.78. The average molecular weight is 291 g/mol. The van der Waals surface area contributed by atoms with E-state index in [9.17, 15) is 5.11 Å². The van der Waals surface area contributed by atoms with Crippen LogP contribution in [-0.4, -0.2) is 5.11 Å². The lowest BCUT2D eigenvalue weighted by atomic mass is 10.0. The van der Waals surface area contributed by atoms with Crippen molar-refractivity contribution in [3.8, 4) is 0 Å². The highest BCUT2D eigenvalue weighted by Crippen LogP contribution is 2.21. The van der Waals surface area contributed by atoms with E-state index in [-0.39, 0.29) is 0 Å². The minimum Gasteiger partial charge on any atom is -0.388 e. The summed E-state index contributed by atoms with van der Waals surface area (Å²) in [5, 5.41) is 10.1. The Balaban J connectivity index is 2.11. The van der Waals surface area contributed by atoms with Crippen molar-refractivity contribution in [2.24, 2.45) is 0 Å². The topological polar surface area (TPSA) is 20.2 Å². The Morgan fingerprint density at radius 3 is 2.47 bits per heavy atom. The number of hydrogen-bond acceptors (Lipinski definition) is 1. The lowest BCUT2D eigenvalue weighted by Gasteiger charge is -2.11. The molecular weight excluding hydrogens is 276 g/mol. The number of aliphatic hydroxyl groups is 1. The van der Waals surface area contributed by atoms with Crippen molar-refractivity contribution in [1.82, 2.24) is 0 Å². The molecular formula is C15H15BrO. The molecule has 0 amide bonds. The molecule has 88 valence electrons. The molecule has 17 heavy (non-hydrogen) atoms. The molecule has 0 aliphatic rings. The van der Waals surface area contributed by atoms with Gasteiger partial charge in [0.2, 0.25) is 0 Å². The Morgan fingerprint density at radius 2 is 1.82 bits per heavy atom. The van der Waals surface area contributed by atoms with Crippen LogP contribution in [0.1, 0.15) is 22.8 Å². The smallest absolute Gasteiger partial charge is 0.0830 e. The van der Waals surface area contributed by atoms with Gasteiger partial charge in [-0.05, 0) is 30.2 Å². The van der Waals surface area contributed by atoms with Gasteiger partial charge in [0.15, 0.2) is 0 Å². The van der Waals surface area contributed by atoms with Gasteiger partial charge in [0.1, 0.15) is 0 Å². The first-order valence-electron chi connectivity index (χ1n) is 5.64. The molecule has 0 heterocycles. The summed E-state index contributed by atoms with van der Waals surface area (Å²) in [6.07, 6.45) is 0.201. The van der Waals surface area contributed by atoms with E-state index in [0.717, 1.165) is 15.6 Å². The van der Waals surface area contributed by atoms with Crippen LogP contribution in [0.3, 0.4) is 0 Å². The van der Waals surface area contributed by atoms with Gasteiger partial charge in [-0.25, -0.2) is 0 Å². The largest absolute Gasteiger partial charge is 0.388 e. The van der Waals surface area contributed by atoms with Gasteiger partial charge in [-0.15, -0.1) is 0 Å².